The standard InChI is InChI=1S/C12H17NO3/c1-9(2)6-7-11(14)10(5-4-8-13)12(15)16-3/h10H,1,4-7H2,2-3H3. The van der Waals surface area contributed by atoms with Crippen LogP contribution in [0.25, 0.3) is 0 Å². The van der Waals surface area contributed by atoms with E-state index in [0.717, 1.165) is 5.57 Å². The summed E-state index contributed by atoms with van der Waals surface area (Å²) >= 11 is 0. The van der Waals surface area contributed by atoms with Crippen LogP contribution in [-0.2, 0) is 14.3 Å². The summed E-state index contributed by atoms with van der Waals surface area (Å²) in [5.74, 6) is -1.53. The van der Waals surface area contributed by atoms with Gasteiger partial charge in [-0.1, -0.05) is 5.57 Å². The van der Waals surface area contributed by atoms with Crippen LogP contribution in [0, 0.1) is 17.2 Å². The maximum atomic E-state index is 11.7. The van der Waals surface area contributed by atoms with Crippen LogP contribution in [0.3, 0.4) is 0 Å². The number of rotatable bonds is 7. The van der Waals surface area contributed by atoms with Crippen molar-refractivity contribution < 1.29 is 14.3 Å². The molecule has 16 heavy (non-hydrogen) atoms. The van der Waals surface area contributed by atoms with Crippen LogP contribution in [-0.4, -0.2) is 18.9 Å². The fourth-order valence-electron chi connectivity index (χ4n) is 1.27. The Hall–Kier alpha value is -1.63. The highest BCUT2D eigenvalue weighted by molar-refractivity contribution is 5.99. The van der Waals surface area contributed by atoms with E-state index in [1.54, 1.807) is 0 Å². The normalized spacial score (nSPS) is 11.3. The highest BCUT2D eigenvalue weighted by Gasteiger charge is 2.26. The molecule has 4 nitrogen and oxygen atoms in total. The van der Waals surface area contributed by atoms with E-state index in [-0.39, 0.29) is 25.0 Å². The summed E-state index contributed by atoms with van der Waals surface area (Å²) in [4.78, 5) is 23.0. The van der Waals surface area contributed by atoms with Crippen molar-refractivity contribution in [2.24, 2.45) is 5.92 Å². The van der Waals surface area contributed by atoms with Crippen molar-refractivity contribution in [3.63, 3.8) is 0 Å². The summed E-state index contributed by atoms with van der Waals surface area (Å²) in [5, 5.41) is 8.44. The molecule has 0 bridgehead atoms. The van der Waals surface area contributed by atoms with Gasteiger partial charge in [0.15, 0.2) is 0 Å². The number of methoxy groups -OCH3 is 1. The number of ether oxygens (including phenoxy) is 1. The number of esters is 1. The molecule has 0 aromatic carbocycles. The lowest BCUT2D eigenvalue weighted by molar-refractivity contribution is -0.149. The van der Waals surface area contributed by atoms with Gasteiger partial charge in [-0.3, -0.25) is 9.59 Å². The van der Waals surface area contributed by atoms with Crippen molar-refractivity contribution in [1.82, 2.24) is 0 Å². The smallest absolute Gasteiger partial charge is 0.316 e. The fraction of sp³-hybridized carbons (Fsp3) is 0.583. The first-order valence-electron chi connectivity index (χ1n) is 5.14. The molecule has 0 radical (unpaired) electrons. The van der Waals surface area contributed by atoms with Gasteiger partial charge in [-0.15, -0.1) is 6.58 Å². The number of carbonyl (C=O) groups excluding carboxylic acids is 2. The van der Waals surface area contributed by atoms with E-state index in [4.69, 9.17) is 5.26 Å². The predicted octanol–water partition coefficient (Wildman–Crippen LogP) is 2.00. The molecule has 0 spiro atoms. The number of allylic oxidation sites excluding steroid dienone is 1. The molecule has 0 aromatic rings. The number of Topliss-reactive ketones (excluding diaryl/α,β-unsaturated/α-hetero) is 1. The molecular formula is C12H17NO3. The molecule has 0 saturated carbocycles. The topological polar surface area (TPSA) is 67.2 Å². The van der Waals surface area contributed by atoms with Crippen LogP contribution < -0.4 is 0 Å². The van der Waals surface area contributed by atoms with Gasteiger partial charge in [0.2, 0.25) is 0 Å². The van der Waals surface area contributed by atoms with E-state index in [1.165, 1.54) is 7.11 Å². The Morgan fingerprint density at radius 2 is 2.06 bits per heavy atom. The van der Waals surface area contributed by atoms with Gasteiger partial charge < -0.3 is 4.74 Å². The second-order valence-electron chi connectivity index (χ2n) is 3.70. The quantitative estimate of drug-likeness (QED) is 0.376. The molecule has 1 unspecified atom stereocenters. The Kier molecular flexibility index (Phi) is 6.86. The fourth-order valence-corrected chi connectivity index (χ4v) is 1.27. The highest BCUT2D eigenvalue weighted by Crippen LogP contribution is 2.14. The van der Waals surface area contributed by atoms with Crippen LogP contribution in [0.15, 0.2) is 12.2 Å². The number of hydrogen-bond acceptors (Lipinski definition) is 4. The lowest BCUT2D eigenvalue weighted by Gasteiger charge is -2.11. The van der Waals surface area contributed by atoms with Crippen LogP contribution in [0.4, 0.5) is 0 Å². The van der Waals surface area contributed by atoms with Gasteiger partial charge >= 0.3 is 5.97 Å². The van der Waals surface area contributed by atoms with Crippen LogP contribution >= 0.6 is 0 Å². The molecule has 0 amide bonds. The second kappa shape index (κ2) is 7.63. The summed E-state index contributed by atoms with van der Waals surface area (Å²) in [7, 11) is 1.24. The monoisotopic (exact) mass is 223 g/mol. The van der Waals surface area contributed by atoms with Crippen molar-refractivity contribution in [3.05, 3.63) is 12.2 Å². The minimum Gasteiger partial charge on any atom is -0.468 e. The Bertz CT molecular complexity index is 315. The number of ketones is 1. The van der Waals surface area contributed by atoms with Crippen molar-refractivity contribution in [2.45, 2.75) is 32.6 Å². The molecule has 4 heteroatoms. The first kappa shape index (κ1) is 14.4. The van der Waals surface area contributed by atoms with Gasteiger partial charge in [-0.25, -0.2) is 0 Å². The predicted molar refractivity (Wildman–Crippen MR) is 59.4 cm³/mol. The average molecular weight is 223 g/mol. The molecule has 0 aliphatic rings. The van der Waals surface area contributed by atoms with Gasteiger partial charge in [0.25, 0.3) is 0 Å². The molecule has 0 heterocycles. The molecule has 0 N–H and O–H groups in total. The van der Waals surface area contributed by atoms with Crippen molar-refractivity contribution in [1.29, 1.82) is 5.26 Å². The van der Waals surface area contributed by atoms with E-state index >= 15 is 0 Å². The Morgan fingerprint density at radius 1 is 1.44 bits per heavy atom. The van der Waals surface area contributed by atoms with Gasteiger partial charge in [-0.05, 0) is 19.8 Å². The van der Waals surface area contributed by atoms with Gasteiger partial charge in [0.1, 0.15) is 11.7 Å². The minimum absolute atomic E-state index is 0.176. The molecule has 88 valence electrons. The molecular weight excluding hydrogens is 206 g/mol. The summed E-state index contributed by atoms with van der Waals surface area (Å²) < 4.78 is 4.55. The lowest BCUT2D eigenvalue weighted by Crippen LogP contribution is -2.25. The number of hydrogen-bond donors (Lipinski definition) is 0. The first-order valence-corrected chi connectivity index (χ1v) is 5.14. The average Bonchev–Trinajstić information content (AvgIpc) is 2.26. The van der Waals surface area contributed by atoms with E-state index < -0.39 is 11.9 Å². The van der Waals surface area contributed by atoms with Crippen molar-refractivity contribution in [3.8, 4) is 6.07 Å². The largest absolute Gasteiger partial charge is 0.468 e. The summed E-state index contributed by atoms with van der Waals surface area (Å²) in [6.45, 7) is 5.52. The third kappa shape index (κ3) is 5.30. The zero-order chi connectivity index (χ0) is 12.6. The molecule has 0 aromatic heterocycles. The lowest BCUT2D eigenvalue weighted by atomic mass is 9.94. The van der Waals surface area contributed by atoms with Crippen LogP contribution in [0.1, 0.15) is 32.6 Å². The van der Waals surface area contributed by atoms with E-state index in [0.29, 0.717) is 6.42 Å². The van der Waals surface area contributed by atoms with E-state index in [1.807, 2.05) is 13.0 Å². The Morgan fingerprint density at radius 3 is 2.50 bits per heavy atom. The number of nitriles is 1. The van der Waals surface area contributed by atoms with E-state index in [9.17, 15) is 9.59 Å². The number of carbonyl (C=O) groups is 2. The highest BCUT2D eigenvalue weighted by atomic mass is 16.5. The van der Waals surface area contributed by atoms with Gasteiger partial charge in [0, 0.05) is 12.8 Å². The zero-order valence-electron chi connectivity index (χ0n) is 9.78. The third-order valence-electron chi connectivity index (χ3n) is 2.22. The third-order valence-corrected chi connectivity index (χ3v) is 2.22. The van der Waals surface area contributed by atoms with Crippen LogP contribution in [0.2, 0.25) is 0 Å². The molecule has 0 fully saturated rings. The summed E-state index contributed by atoms with van der Waals surface area (Å²) in [6.07, 6.45) is 1.26. The Balaban J connectivity index is 4.38. The molecule has 0 aliphatic heterocycles. The summed E-state index contributed by atoms with van der Waals surface area (Å²) in [6, 6.07) is 1.92. The number of nitrogens with zero attached hydrogens (tertiary/aromatic N) is 1. The Labute approximate surface area is 95.9 Å². The van der Waals surface area contributed by atoms with Crippen LogP contribution in [0.5, 0.6) is 0 Å². The SMILES string of the molecule is C=C(C)CCC(=O)C(CCC#N)C(=O)OC. The van der Waals surface area contributed by atoms with Gasteiger partial charge in [-0.2, -0.15) is 5.26 Å². The maximum absolute atomic E-state index is 11.7. The first-order chi connectivity index (χ1) is 7.52. The minimum atomic E-state index is -0.802. The second-order valence-corrected chi connectivity index (χ2v) is 3.70. The molecule has 0 aliphatic carbocycles. The summed E-state index contributed by atoms with van der Waals surface area (Å²) in [5.41, 5.74) is 0.900. The van der Waals surface area contributed by atoms with Crippen molar-refractivity contribution >= 4 is 11.8 Å². The molecule has 0 rings (SSSR count). The van der Waals surface area contributed by atoms with Crippen molar-refractivity contribution in [2.75, 3.05) is 7.11 Å². The zero-order valence-corrected chi connectivity index (χ0v) is 9.78. The molecule has 0 saturated heterocycles. The maximum Gasteiger partial charge on any atom is 0.316 e. The molecule has 1 atom stereocenters. The van der Waals surface area contributed by atoms with Gasteiger partial charge in [0.05, 0.1) is 13.2 Å². The van der Waals surface area contributed by atoms with E-state index in [2.05, 4.69) is 11.3 Å².